The summed E-state index contributed by atoms with van der Waals surface area (Å²) < 4.78 is 11.6. The van der Waals surface area contributed by atoms with Crippen molar-refractivity contribution in [2.75, 3.05) is 19.1 Å². The summed E-state index contributed by atoms with van der Waals surface area (Å²) in [5.41, 5.74) is 3.34. The number of carbonyl (C=O) groups is 2. The Morgan fingerprint density at radius 2 is 1.54 bits per heavy atom. The molecule has 6 heteroatoms. The minimum atomic E-state index is -0.966. The van der Waals surface area contributed by atoms with Gasteiger partial charge >= 0.3 is 0 Å². The molecule has 0 aliphatic heterocycles. The first kappa shape index (κ1) is 30.1. The van der Waals surface area contributed by atoms with E-state index in [1.807, 2.05) is 36.4 Å². The zero-order valence-electron chi connectivity index (χ0n) is 24.4. The van der Waals surface area contributed by atoms with Crippen molar-refractivity contribution in [1.29, 1.82) is 0 Å². The SMILES string of the molecule is C#CCCC(=O)N(c1ccc(C(C)C)cc1)C(C(=O)NC1CCCCC1)c1cc(OC)c(C(C)C)cc1OC. The van der Waals surface area contributed by atoms with Crippen molar-refractivity contribution in [2.45, 2.75) is 96.6 Å². The highest BCUT2D eigenvalue weighted by Crippen LogP contribution is 2.40. The van der Waals surface area contributed by atoms with Crippen molar-refractivity contribution < 1.29 is 19.1 Å². The summed E-state index contributed by atoms with van der Waals surface area (Å²) in [6.45, 7) is 8.41. The van der Waals surface area contributed by atoms with Gasteiger partial charge in [-0.15, -0.1) is 12.3 Å². The van der Waals surface area contributed by atoms with Gasteiger partial charge in [0.1, 0.15) is 17.5 Å². The Hall–Kier alpha value is -3.46. The molecular formula is C33H44N2O4. The van der Waals surface area contributed by atoms with Crippen LogP contribution in [0.2, 0.25) is 0 Å². The molecule has 3 rings (SSSR count). The molecule has 1 saturated carbocycles. The number of terminal acetylenes is 1. The standard InChI is InChI=1S/C33H44N2O4/c1-8-9-15-31(36)35(26-18-16-24(17-19-26)22(2)3)32(33(37)34-25-13-11-10-12-14-25)28-21-29(38-6)27(23(4)5)20-30(28)39-7/h1,16-23,25,32H,9-15H2,2-7H3,(H,34,37). The second-order valence-electron chi connectivity index (χ2n) is 11.0. The Bertz CT molecular complexity index is 1160. The predicted molar refractivity (Wildman–Crippen MR) is 157 cm³/mol. The lowest BCUT2D eigenvalue weighted by atomic mass is 9.92. The molecule has 2 amide bonds. The van der Waals surface area contributed by atoms with E-state index in [-0.39, 0.29) is 36.6 Å². The summed E-state index contributed by atoms with van der Waals surface area (Å²) in [4.78, 5) is 29.7. The smallest absolute Gasteiger partial charge is 0.248 e. The Balaban J connectivity index is 2.22. The number of ether oxygens (including phenoxy) is 2. The monoisotopic (exact) mass is 532 g/mol. The van der Waals surface area contributed by atoms with E-state index < -0.39 is 6.04 Å². The van der Waals surface area contributed by atoms with E-state index in [0.29, 0.717) is 28.7 Å². The third-order valence-corrected chi connectivity index (χ3v) is 7.55. The van der Waals surface area contributed by atoms with Gasteiger partial charge in [-0.1, -0.05) is 59.1 Å². The number of methoxy groups -OCH3 is 2. The average molecular weight is 533 g/mol. The highest BCUT2D eigenvalue weighted by molar-refractivity contribution is 6.02. The number of nitrogens with zero attached hydrogens (tertiary/aromatic N) is 1. The van der Waals surface area contributed by atoms with E-state index >= 15 is 0 Å². The number of hydrogen-bond acceptors (Lipinski definition) is 4. The molecule has 1 N–H and O–H groups in total. The molecule has 39 heavy (non-hydrogen) atoms. The fourth-order valence-electron chi connectivity index (χ4n) is 5.29. The van der Waals surface area contributed by atoms with Gasteiger partial charge in [0.15, 0.2) is 0 Å². The maximum atomic E-state index is 14.2. The molecule has 1 aliphatic carbocycles. The van der Waals surface area contributed by atoms with Crippen LogP contribution in [0.25, 0.3) is 0 Å². The number of carbonyl (C=O) groups excluding carboxylic acids is 2. The Morgan fingerprint density at radius 1 is 0.949 bits per heavy atom. The van der Waals surface area contributed by atoms with Gasteiger partial charge in [-0.2, -0.15) is 0 Å². The van der Waals surface area contributed by atoms with E-state index in [0.717, 1.165) is 36.8 Å². The normalized spacial score (nSPS) is 14.5. The molecular weight excluding hydrogens is 488 g/mol. The van der Waals surface area contributed by atoms with Crippen LogP contribution in [0.4, 0.5) is 5.69 Å². The second-order valence-corrected chi connectivity index (χ2v) is 11.0. The van der Waals surface area contributed by atoms with Gasteiger partial charge in [-0.05, 0) is 54.5 Å². The summed E-state index contributed by atoms with van der Waals surface area (Å²) >= 11 is 0. The molecule has 1 aliphatic rings. The number of hydrogen-bond donors (Lipinski definition) is 1. The van der Waals surface area contributed by atoms with Crippen LogP contribution < -0.4 is 19.7 Å². The van der Waals surface area contributed by atoms with Crippen molar-refractivity contribution in [3.05, 3.63) is 53.1 Å². The predicted octanol–water partition coefficient (Wildman–Crippen LogP) is 6.89. The van der Waals surface area contributed by atoms with Crippen molar-refractivity contribution in [3.63, 3.8) is 0 Å². The molecule has 1 atom stereocenters. The largest absolute Gasteiger partial charge is 0.496 e. The number of nitrogens with one attached hydrogen (secondary N) is 1. The summed E-state index contributed by atoms with van der Waals surface area (Å²) in [6, 6.07) is 10.7. The first-order valence-electron chi connectivity index (χ1n) is 14.1. The fourth-order valence-corrected chi connectivity index (χ4v) is 5.29. The molecule has 0 heterocycles. The lowest BCUT2D eigenvalue weighted by molar-refractivity contribution is -0.127. The number of benzene rings is 2. The lowest BCUT2D eigenvalue weighted by Crippen LogP contribution is -2.47. The van der Waals surface area contributed by atoms with Crippen LogP contribution >= 0.6 is 0 Å². The molecule has 0 spiro atoms. The van der Waals surface area contributed by atoms with Crippen molar-refractivity contribution >= 4 is 17.5 Å². The van der Waals surface area contributed by atoms with E-state index in [1.165, 1.54) is 6.42 Å². The van der Waals surface area contributed by atoms with Gasteiger partial charge in [0.25, 0.3) is 0 Å². The summed E-state index contributed by atoms with van der Waals surface area (Å²) in [6.07, 6.45) is 11.1. The van der Waals surface area contributed by atoms with Gasteiger partial charge in [0, 0.05) is 35.7 Å². The number of rotatable bonds is 11. The van der Waals surface area contributed by atoms with Crippen LogP contribution in [0.1, 0.15) is 107 Å². The van der Waals surface area contributed by atoms with Crippen LogP contribution in [0.3, 0.4) is 0 Å². The molecule has 6 nitrogen and oxygen atoms in total. The molecule has 0 saturated heterocycles. The Kier molecular flexibility index (Phi) is 10.9. The molecule has 2 aromatic rings. The Labute approximate surface area is 234 Å². The number of amides is 2. The molecule has 0 bridgehead atoms. The van der Waals surface area contributed by atoms with Crippen LogP contribution in [-0.2, 0) is 9.59 Å². The summed E-state index contributed by atoms with van der Waals surface area (Å²) in [7, 11) is 3.21. The molecule has 0 aromatic heterocycles. The summed E-state index contributed by atoms with van der Waals surface area (Å²) in [5, 5.41) is 3.26. The average Bonchev–Trinajstić information content (AvgIpc) is 2.94. The second kappa shape index (κ2) is 14.1. The maximum absolute atomic E-state index is 14.2. The minimum absolute atomic E-state index is 0.0718. The highest BCUT2D eigenvalue weighted by atomic mass is 16.5. The summed E-state index contributed by atoms with van der Waals surface area (Å²) in [5.74, 6) is 3.82. The van der Waals surface area contributed by atoms with Crippen molar-refractivity contribution in [3.8, 4) is 23.8 Å². The molecule has 2 aromatic carbocycles. The quantitative estimate of drug-likeness (QED) is 0.320. The van der Waals surface area contributed by atoms with Gasteiger partial charge in [0.05, 0.1) is 14.2 Å². The molecule has 1 unspecified atom stereocenters. The molecule has 210 valence electrons. The van der Waals surface area contributed by atoms with Gasteiger partial charge in [-0.3, -0.25) is 14.5 Å². The van der Waals surface area contributed by atoms with E-state index in [2.05, 4.69) is 38.9 Å². The fraction of sp³-hybridized carbons (Fsp3) is 0.515. The number of anilines is 1. The first-order valence-corrected chi connectivity index (χ1v) is 14.1. The van der Waals surface area contributed by atoms with Crippen molar-refractivity contribution in [2.24, 2.45) is 0 Å². The lowest BCUT2D eigenvalue weighted by Gasteiger charge is -2.34. The highest BCUT2D eigenvalue weighted by Gasteiger charge is 2.36. The van der Waals surface area contributed by atoms with Gasteiger partial charge in [-0.25, -0.2) is 0 Å². The third kappa shape index (κ3) is 7.35. The zero-order chi connectivity index (χ0) is 28.5. The molecule has 1 fully saturated rings. The minimum Gasteiger partial charge on any atom is -0.496 e. The van der Waals surface area contributed by atoms with Crippen LogP contribution in [0.15, 0.2) is 36.4 Å². The molecule has 0 radical (unpaired) electrons. The zero-order valence-corrected chi connectivity index (χ0v) is 24.4. The van der Waals surface area contributed by atoms with Gasteiger partial charge in [0.2, 0.25) is 11.8 Å². The van der Waals surface area contributed by atoms with Crippen LogP contribution in [0.5, 0.6) is 11.5 Å². The van der Waals surface area contributed by atoms with E-state index in [9.17, 15) is 9.59 Å². The van der Waals surface area contributed by atoms with Gasteiger partial charge < -0.3 is 14.8 Å². The topological polar surface area (TPSA) is 67.9 Å². The first-order chi connectivity index (χ1) is 18.7. The van der Waals surface area contributed by atoms with E-state index in [4.69, 9.17) is 15.9 Å². The van der Waals surface area contributed by atoms with Crippen molar-refractivity contribution in [1.82, 2.24) is 5.32 Å². The van der Waals surface area contributed by atoms with Crippen LogP contribution in [0, 0.1) is 12.3 Å². The van der Waals surface area contributed by atoms with Crippen LogP contribution in [-0.4, -0.2) is 32.1 Å². The maximum Gasteiger partial charge on any atom is 0.248 e. The Morgan fingerprint density at radius 3 is 2.08 bits per heavy atom. The third-order valence-electron chi connectivity index (χ3n) is 7.55. The van der Waals surface area contributed by atoms with E-state index in [1.54, 1.807) is 19.1 Å².